The highest BCUT2D eigenvalue weighted by Gasteiger charge is 2.09. The predicted octanol–water partition coefficient (Wildman–Crippen LogP) is 3.44. The van der Waals surface area contributed by atoms with Gasteiger partial charge in [-0.25, -0.2) is 0 Å². The lowest BCUT2D eigenvalue weighted by Gasteiger charge is -2.27. The number of rotatable bonds is 7. The van der Waals surface area contributed by atoms with E-state index in [4.69, 9.17) is 5.41 Å². The van der Waals surface area contributed by atoms with Crippen LogP contribution in [0.5, 0.6) is 0 Å². The van der Waals surface area contributed by atoms with Crippen LogP contribution in [-0.2, 0) is 0 Å². The fraction of sp³-hybridized carbons (Fsp3) is 0.400. The Morgan fingerprint density at radius 1 is 1.28 bits per heavy atom. The van der Waals surface area contributed by atoms with E-state index < -0.39 is 0 Å². The van der Waals surface area contributed by atoms with Crippen LogP contribution in [0.2, 0.25) is 0 Å². The van der Waals surface area contributed by atoms with Gasteiger partial charge in [0.1, 0.15) is 0 Å². The lowest BCUT2D eigenvalue weighted by atomic mass is 10.2. The third kappa shape index (κ3) is 6.09. The summed E-state index contributed by atoms with van der Waals surface area (Å²) in [6, 6.07) is 0. The van der Waals surface area contributed by atoms with E-state index in [0.717, 1.165) is 23.5 Å². The Labute approximate surface area is 111 Å². The van der Waals surface area contributed by atoms with Crippen LogP contribution >= 0.6 is 0 Å². The summed E-state index contributed by atoms with van der Waals surface area (Å²) in [6.07, 6.45) is 6.02. The van der Waals surface area contributed by atoms with Crippen LogP contribution in [0.1, 0.15) is 27.7 Å². The summed E-state index contributed by atoms with van der Waals surface area (Å²) < 4.78 is 0. The summed E-state index contributed by atoms with van der Waals surface area (Å²) in [4.78, 5) is 2.06. The van der Waals surface area contributed by atoms with Gasteiger partial charge in [-0.3, -0.25) is 5.41 Å². The Bertz CT molecular complexity index is 375. The van der Waals surface area contributed by atoms with Crippen LogP contribution in [0.3, 0.4) is 0 Å². The van der Waals surface area contributed by atoms with Crippen molar-refractivity contribution in [3.05, 3.63) is 48.4 Å². The van der Waals surface area contributed by atoms with Gasteiger partial charge in [-0.05, 0) is 33.3 Å². The summed E-state index contributed by atoms with van der Waals surface area (Å²) in [5.41, 5.74) is 3.02. The van der Waals surface area contributed by atoms with Crippen LogP contribution in [0.25, 0.3) is 0 Å². The third-order valence-corrected chi connectivity index (χ3v) is 2.51. The molecule has 3 heteroatoms. The third-order valence-electron chi connectivity index (χ3n) is 2.51. The average molecular weight is 247 g/mol. The first-order valence-corrected chi connectivity index (χ1v) is 6.11. The van der Waals surface area contributed by atoms with Crippen molar-refractivity contribution in [3.8, 4) is 0 Å². The van der Waals surface area contributed by atoms with Gasteiger partial charge >= 0.3 is 0 Å². The molecule has 0 bridgehead atoms. The van der Waals surface area contributed by atoms with E-state index in [1.165, 1.54) is 0 Å². The van der Waals surface area contributed by atoms with Crippen LogP contribution in [0.4, 0.5) is 0 Å². The second-order valence-electron chi connectivity index (χ2n) is 4.26. The van der Waals surface area contributed by atoms with E-state index in [1.54, 1.807) is 6.92 Å². The van der Waals surface area contributed by atoms with Gasteiger partial charge in [0.25, 0.3) is 0 Å². The molecular formula is C15H25N3. The van der Waals surface area contributed by atoms with Gasteiger partial charge in [-0.15, -0.1) is 0 Å². The zero-order valence-electron chi connectivity index (χ0n) is 12.0. The predicted molar refractivity (Wildman–Crippen MR) is 80.6 cm³/mol. The maximum Gasteiger partial charge on any atom is 0.0900 e. The smallest absolute Gasteiger partial charge is 0.0900 e. The van der Waals surface area contributed by atoms with Crippen LogP contribution in [-0.4, -0.2) is 23.8 Å². The first kappa shape index (κ1) is 16.2. The Morgan fingerprint density at radius 2 is 1.89 bits per heavy atom. The van der Waals surface area contributed by atoms with Crippen molar-refractivity contribution in [3.63, 3.8) is 0 Å². The molecule has 0 aromatic carbocycles. The van der Waals surface area contributed by atoms with E-state index >= 15 is 0 Å². The molecule has 0 aromatic rings. The minimum absolute atomic E-state index is 0.475. The number of nitrogens with one attached hydrogen (secondary N) is 2. The van der Waals surface area contributed by atoms with E-state index in [-0.39, 0.29) is 0 Å². The van der Waals surface area contributed by atoms with Gasteiger partial charge in [-0.1, -0.05) is 31.4 Å². The standard InChI is InChI=1S/C15H25N3/c1-7-8-9-13(4)14(5)18(12(2)3)11-10-17-15(6)16/h7-9H,2,5,10-11H2,1,3-4,6H3,(H2,16,17)/b8-7-,13-9-. The first-order valence-electron chi connectivity index (χ1n) is 6.11. The van der Waals surface area contributed by atoms with Gasteiger partial charge in [0.15, 0.2) is 0 Å². The monoisotopic (exact) mass is 247 g/mol. The van der Waals surface area contributed by atoms with Gasteiger partial charge in [0.2, 0.25) is 0 Å². The first-order chi connectivity index (χ1) is 8.40. The molecule has 0 saturated heterocycles. The van der Waals surface area contributed by atoms with Gasteiger partial charge < -0.3 is 10.2 Å². The lowest BCUT2D eigenvalue weighted by Crippen LogP contribution is -2.32. The highest BCUT2D eigenvalue weighted by atomic mass is 15.2. The summed E-state index contributed by atoms with van der Waals surface area (Å²) in [5.74, 6) is 0.475. The molecule has 0 heterocycles. The molecule has 0 spiro atoms. The molecule has 0 aliphatic rings. The van der Waals surface area contributed by atoms with Crippen LogP contribution < -0.4 is 5.32 Å². The van der Waals surface area contributed by atoms with Crippen molar-refractivity contribution in [2.45, 2.75) is 27.7 Å². The van der Waals surface area contributed by atoms with E-state index in [2.05, 4.69) is 23.4 Å². The van der Waals surface area contributed by atoms with Crippen molar-refractivity contribution >= 4 is 5.84 Å². The minimum Gasteiger partial charge on any atom is -0.372 e. The number of nitrogens with zero attached hydrogens (tertiary/aromatic N) is 1. The molecule has 2 N–H and O–H groups in total. The van der Waals surface area contributed by atoms with E-state index in [1.807, 2.05) is 39.0 Å². The molecule has 18 heavy (non-hydrogen) atoms. The molecule has 0 rings (SSSR count). The molecular weight excluding hydrogens is 222 g/mol. The van der Waals surface area contributed by atoms with Crippen molar-refractivity contribution < 1.29 is 0 Å². The summed E-state index contributed by atoms with van der Waals surface area (Å²) in [5, 5.41) is 10.3. The maximum absolute atomic E-state index is 7.33. The second-order valence-corrected chi connectivity index (χ2v) is 4.26. The van der Waals surface area contributed by atoms with E-state index in [9.17, 15) is 0 Å². The zero-order valence-corrected chi connectivity index (χ0v) is 12.0. The minimum atomic E-state index is 0.475. The Kier molecular flexibility index (Phi) is 7.52. The van der Waals surface area contributed by atoms with Crippen molar-refractivity contribution in [2.24, 2.45) is 0 Å². The summed E-state index contributed by atoms with van der Waals surface area (Å²) in [6.45, 7) is 17.3. The second kappa shape index (κ2) is 8.34. The molecule has 0 aliphatic heterocycles. The van der Waals surface area contributed by atoms with E-state index in [0.29, 0.717) is 12.4 Å². The average Bonchev–Trinajstić information content (AvgIpc) is 2.30. The normalized spacial score (nSPS) is 11.4. The highest BCUT2D eigenvalue weighted by molar-refractivity contribution is 5.75. The fourth-order valence-electron chi connectivity index (χ4n) is 1.46. The highest BCUT2D eigenvalue weighted by Crippen LogP contribution is 2.16. The Hall–Kier alpha value is -1.77. The molecule has 100 valence electrons. The quantitative estimate of drug-likeness (QED) is 0.411. The lowest BCUT2D eigenvalue weighted by molar-refractivity contribution is 0.440. The van der Waals surface area contributed by atoms with Crippen molar-refractivity contribution in [1.82, 2.24) is 10.2 Å². The number of allylic oxidation sites excluding steroid dienone is 5. The molecule has 0 aromatic heterocycles. The number of hydrogen-bond acceptors (Lipinski definition) is 2. The topological polar surface area (TPSA) is 39.1 Å². The summed E-state index contributed by atoms with van der Waals surface area (Å²) in [7, 11) is 0. The van der Waals surface area contributed by atoms with Crippen molar-refractivity contribution in [1.29, 1.82) is 5.41 Å². The molecule has 0 atom stereocenters. The fourth-order valence-corrected chi connectivity index (χ4v) is 1.46. The molecule has 0 saturated carbocycles. The van der Waals surface area contributed by atoms with Crippen LogP contribution in [0.15, 0.2) is 48.4 Å². The number of hydrogen-bond donors (Lipinski definition) is 2. The molecule has 0 unspecified atom stereocenters. The van der Waals surface area contributed by atoms with Gasteiger partial charge in [-0.2, -0.15) is 0 Å². The SMILES string of the molecule is C=C(C)N(CCNC(C)=N)C(=C)/C(C)=C\C=C/C. The Balaban J connectivity index is 4.64. The molecule has 0 amide bonds. The number of amidine groups is 1. The molecule has 0 aliphatic carbocycles. The molecule has 0 fully saturated rings. The van der Waals surface area contributed by atoms with Crippen LogP contribution in [0, 0.1) is 5.41 Å². The Morgan fingerprint density at radius 3 is 2.33 bits per heavy atom. The molecule has 3 nitrogen and oxygen atoms in total. The largest absolute Gasteiger partial charge is 0.372 e. The van der Waals surface area contributed by atoms with Crippen molar-refractivity contribution in [2.75, 3.05) is 13.1 Å². The maximum atomic E-state index is 7.33. The summed E-state index contributed by atoms with van der Waals surface area (Å²) >= 11 is 0. The molecule has 0 radical (unpaired) electrons. The van der Waals surface area contributed by atoms with Gasteiger partial charge in [0.05, 0.1) is 5.84 Å². The zero-order chi connectivity index (χ0) is 14.1. The van der Waals surface area contributed by atoms with Gasteiger partial charge in [0, 0.05) is 24.5 Å².